The van der Waals surface area contributed by atoms with Gasteiger partial charge >= 0.3 is 0 Å². The Labute approximate surface area is 107 Å². The molecule has 0 aliphatic carbocycles. The van der Waals surface area contributed by atoms with Gasteiger partial charge in [-0.15, -0.1) is 0 Å². The molecule has 0 saturated heterocycles. The highest BCUT2D eigenvalue weighted by atomic mass is 35.5. The van der Waals surface area contributed by atoms with Crippen LogP contribution in [0.15, 0.2) is 48.5 Å². The van der Waals surface area contributed by atoms with Crippen LogP contribution >= 0.6 is 11.6 Å². The summed E-state index contributed by atoms with van der Waals surface area (Å²) in [6, 6.07) is 16.0. The van der Waals surface area contributed by atoms with E-state index < -0.39 is 0 Å². The number of halogens is 1. The number of hydrogen-bond acceptors (Lipinski definition) is 1. The molecule has 0 N–H and O–H groups in total. The normalized spacial score (nSPS) is 12.2. The summed E-state index contributed by atoms with van der Waals surface area (Å²) in [4.78, 5) is 0. The molecule has 0 unspecified atom stereocenters. The van der Waals surface area contributed by atoms with Crippen molar-refractivity contribution in [3.8, 4) is 5.75 Å². The Morgan fingerprint density at radius 2 is 1.82 bits per heavy atom. The van der Waals surface area contributed by atoms with Gasteiger partial charge in [-0.2, -0.15) is 0 Å². The molecule has 0 spiro atoms. The molecule has 2 aromatic carbocycles. The van der Waals surface area contributed by atoms with Gasteiger partial charge < -0.3 is 4.74 Å². The minimum absolute atomic E-state index is 0.263. The van der Waals surface area contributed by atoms with Crippen LogP contribution in [-0.4, -0.2) is 7.11 Å². The molecule has 0 bridgehead atoms. The molecule has 0 radical (unpaired) electrons. The van der Waals surface area contributed by atoms with Crippen LogP contribution in [0.4, 0.5) is 0 Å². The molecule has 2 heteroatoms. The molecule has 17 heavy (non-hydrogen) atoms. The zero-order valence-electron chi connectivity index (χ0n) is 9.98. The van der Waals surface area contributed by atoms with Crippen LogP contribution in [0.2, 0.25) is 5.02 Å². The highest BCUT2D eigenvalue weighted by molar-refractivity contribution is 6.31. The molecule has 2 aromatic rings. The van der Waals surface area contributed by atoms with Gasteiger partial charge in [-0.3, -0.25) is 0 Å². The molecule has 1 nitrogen and oxygen atoms in total. The topological polar surface area (TPSA) is 9.23 Å². The summed E-state index contributed by atoms with van der Waals surface area (Å²) < 4.78 is 5.24. The summed E-state index contributed by atoms with van der Waals surface area (Å²) in [5.74, 6) is 1.14. The minimum Gasteiger partial charge on any atom is -0.497 e. The lowest BCUT2D eigenvalue weighted by molar-refractivity contribution is 0.414. The Kier molecular flexibility index (Phi) is 3.70. The first-order valence-electron chi connectivity index (χ1n) is 5.60. The highest BCUT2D eigenvalue weighted by Gasteiger charge is 2.11. The van der Waals surface area contributed by atoms with E-state index in [0.29, 0.717) is 0 Å². The van der Waals surface area contributed by atoms with Crippen molar-refractivity contribution in [3.05, 3.63) is 64.7 Å². The summed E-state index contributed by atoms with van der Waals surface area (Å²) in [5.41, 5.74) is 2.35. The molecule has 0 aliphatic heterocycles. The molecular weight excluding hydrogens is 232 g/mol. The van der Waals surface area contributed by atoms with Crippen molar-refractivity contribution in [2.75, 3.05) is 7.11 Å². The Hall–Kier alpha value is -1.47. The predicted molar refractivity (Wildman–Crippen MR) is 72.0 cm³/mol. The first kappa shape index (κ1) is 12.0. The lowest BCUT2D eigenvalue weighted by atomic mass is 9.93. The summed E-state index contributed by atoms with van der Waals surface area (Å²) in [7, 11) is 1.68. The molecule has 2 rings (SSSR count). The van der Waals surface area contributed by atoms with Gasteiger partial charge in [0.15, 0.2) is 0 Å². The van der Waals surface area contributed by atoms with E-state index in [9.17, 15) is 0 Å². The maximum absolute atomic E-state index is 6.21. The Bertz CT molecular complexity index is 508. The second-order valence-electron chi connectivity index (χ2n) is 4.02. The van der Waals surface area contributed by atoms with E-state index in [1.807, 2.05) is 36.4 Å². The van der Waals surface area contributed by atoms with Gasteiger partial charge in [-0.1, -0.05) is 48.9 Å². The number of hydrogen-bond donors (Lipinski definition) is 0. The van der Waals surface area contributed by atoms with Crippen LogP contribution in [0.5, 0.6) is 5.75 Å². The highest BCUT2D eigenvalue weighted by Crippen LogP contribution is 2.31. The van der Waals surface area contributed by atoms with Crippen LogP contribution < -0.4 is 4.74 Å². The van der Waals surface area contributed by atoms with Gasteiger partial charge in [0.1, 0.15) is 5.75 Å². The maximum Gasteiger partial charge on any atom is 0.119 e. The Balaban J connectivity index is 2.37. The van der Waals surface area contributed by atoms with Gasteiger partial charge in [-0.05, 0) is 29.3 Å². The van der Waals surface area contributed by atoms with Gasteiger partial charge in [0.05, 0.1) is 7.11 Å². The van der Waals surface area contributed by atoms with E-state index in [0.717, 1.165) is 16.3 Å². The van der Waals surface area contributed by atoms with E-state index >= 15 is 0 Å². The van der Waals surface area contributed by atoms with E-state index in [1.165, 1.54) is 5.56 Å². The van der Waals surface area contributed by atoms with Gasteiger partial charge in [0.2, 0.25) is 0 Å². The lowest BCUT2D eigenvalue weighted by Gasteiger charge is -2.14. The van der Waals surface area contributed by atoms with Crippen LogP contribution in [-0.2, 0) is 0 Å². The largest absolute Gasteiger partial charge is 0.497 e. The molecule has 0 aliphatic rings. The lowest BCUT2D eigenvalue weighted by Crippen LogP contribution is -1.97. The summed E-state index contributed by atoms with van der Waals surface area (Å²) in [5, 5.41) is 0.808. The van der Waals surface area contributed by atoms with Gasteiger partial charge in [0, 0.05) is 10.9 Å². The Morgan fingerprint density at radius 1 is 1.06 bits per heavy atom. The first-order valence-corrected chi connectivity index (χ1v) is 5.98. The van der Waals surface area contributed by atoms with Crippen LogP contribution in [0.25, 0.3) is 0 Å². The van der Waals surface area contributed by atoms with Crippen molar-refractivity contribution in [1.82, 2.24) is 0 Å². The number of benzene rings is 2. The SMILES string of the molecule is COc1cccc([C@H](C)c2ccccc2Cl)c1. The third-order valence-electron chi connectivity index (χ3n) is 2.97. The van der Waals surface area contributed by atoms with Crippen molar-refractivity contribution >= 4 is 11.6 Å². The fourth-order valence-electron chi connectivity index (χ4n) is 1.92. The number of rotatable bonds is 3. The van der Waals surface area contributed by atoms with E-state index in [2.05, 4.69) is 19.1 Å². The average Bonchev–Trinajstić information content (AvgIpc) is 2.38. The zero-order valence-corrected chi connectivity index (χ0v) is 10.7. The molecule has 0 heterocycles. The number of ether oxygens (including phenoxy) is 1. The molecule has 1 atom stereocenters. The fraction of sp³-hybridized carbons (Fsp3) is 0.200. The maximum atomic E-state index is 6.21. The second kappa shape index (κ2) is 5.24. The molecule has 88 valence electrons. The fourth-order valence-corrected chi connectivity index (χ4v) is 2.22. The van der Waals surface area contributed by atoms with Gasteiger partial charge in [-0.25, -0.2) is 0 Å². The monoisotopic (exact) mass is 246 g/mol. The quantitative estimate of drug-likeness (QED) is 0.775. The number of methoxy groups -OCH3 is 1. The minimum atomic E-state index is 0.263. The van der Waals surface area contributed by atoms with Crippen molar-refractivity contribution in [2.45, 2.75) is 12.8 Å². The third-order valence-corrected chi connectivity index (χ3v) is 3.31. The Morgan fingerprint density at radius 3 is 2.53 bits per heavy atom. The smallest absolute Gasteiger partial charge is 0.119 e. The van der Waals surface area contributed by atoms with Crippen molar-refractivity contribution in [2.24, 2.45) is 0 Å². The van der Waals surface area contributed by atoms with E-state index in [-0.39, 0.29) is 5.92 Å². The predicted octanol–water partition coefficient (Wildman–Crippen LogP) is 4.50. The van der Waals surface area contributed by atoms with Crippen molar-refractivity contribution in [1.29, 1.82) is 0 Å². The van der Waals surface area contributed by atoms with Gasteiger partial charge in [0.25, 0.3) is 0 Å². The van der Waals surface area contributed by atoms with E-state index in [4.69, 9.17) is 16.3 Å². The molecule has 0 aromatic heterocycles. The van der Waals surface area contributed by atoms with Crippen LogP contribution in [0, 0.1) is 0 Å². The molecular formula is C15H15ClO. The van der Waals surface area contributed by atoms with Crippen molar-refractivity contribution in [3.63, 3.8) is 0 Å². The average molecular weight is 247 g/mol. The summed E-state index contributed by atoms with van der Waals surface area (Å²) >= 11 is 6.21. The van der Waals surface area contributed by atoms with Crippen LogP contribution in [0.3, 0.4) is 0 Å². The zero-order chi connectivity index (χ0) is 12.3. The third kappa shape index (κ3) is 2.62. The molecule has 0 amide bonds. The molecule has 0 fully saturated rings. The summed E-state index contributed by atoms with van der Waals surface area (Å²) in [6.45, 7) is 2.15. The first-order chi connectivity index (χ1) is 8.22. The molecule has 0 saturated carbocycles. The van der Waals surface area contributed by atoms with Crippen molar-refractivity contribution < 1.29 is 4.74 Å². The second-order valence-corrected chi connectivity index (χ2v) is 4.43. The van der Waals surface area contributed by atoms with E-state index in [1.54, 1.807) is 7.11 Å². The standard InChI is InChI=1S/C15H15ClO/c1-11(14-8-3-4-9-15(14)16)12-6-5-7-13(10-12)17-2/h3-11H,1-2H3/t11-/m0/s1. The van der Waals surface area contributed by atoms with Crippen LogP contribution in [0.1, 0.15) is 24.0 Å². The summed E-state index contributed by atoms with van der Waals surface area (Å²) in [6.07, 6.45) is 0.